The molecule has 3 rings (SSSR count). The van der Waals surface area contributed by atoms with E-state index in [4.69, 9.17) is 4.74 Å². The van der Waals surface area contributed by atoms with Gasteiger partial charge in [-0.15, -0.1) is 0 Å². The van der Waals surface area contributed by atoms with E-state index in [1.54, 1.807) is 0 Å². The van der Waals surface area contributed by atoms with Gasteiger partial charge >= 0.3 is 5.97 Å². The minimum atomic E-state index is 0.0150. The van der Waals surface area contributed by atoms with Crippen LogP contribution in [0, 0.1) is 23.7 Å². The Morgan fingerprint density at radius 2 is 1.86 bits per heavy atom. The van der Waals surface area contributed by atoms with Crippen LogP contribution in [-0.2, 0) is 9.53 Å². The molecule has 0 radical (unpaired) electrons. The van der Waals surface area contributed by atoms with Crippen LogP contribution in [0.2, 0.25) is 0 Å². The van der Waals surface area contributed by atoms with E-state index in [2.05, 4.69) is 26.1 Å². The molecule has 1 saturated heterocycles. The predicted octanol–water partition coefficient (Wildman–Crippen LogP) is 3.91. The zero-order valence-electron chi connectivity index (χ0n) is 14.5. The van der Waals surface area contributed by atoms with E-state index < -0.39 is 0 Å². The summed E-state index contributed by atoms with van der Waals surface area (Å²) in [5.41, 5.74) is 0. The van der Waals surface area contributed by atoms with Gasteiger partial charge in [-0.05, 0) is 43.4 Å². The van der Waals surface area contributed by atoms with Crippen LogP contribution in [0.5, 0.6) is 0 Å². The number of hydrogen-bond acceptors (Lipinski definition) is 3. The molecule has 0 aromatic rings. The summed E-state index contributed by atoms with van der Waals surface area (Å²) in [7, 11) is 0. The highest BCUT2D eigenvalue weighted by molar-refractivity contribution is 5.73. The zero-order chi connectivity index (χ0) is 15.7. The summed E-state index contributed by atoms with van der Waals surface area (Å²) >= 11 is 0. The van der Waals surface area contributed by atoms with Gasteiger partial charge in [-0.3, -0.25) is 4.79 Å². The van der Waals surface area contributed by atoms with Crippen LogP contribution < -0.4 is 5.32 Å². The second-order valence-corrected chi connectivity index (χ2v) is 8.40. The van der Waals surface area contributed by atoms with Gasteiger partial charge in [0.15, 0.2) is 0 Å². The molecule has 0 bridgehead atoms. The van der Waals surface area contributed by atoms with Gasteiger partial charge in [0.2, 0.25) is 0 Å². The number of ether oxygens (including phenoxy) is 1. The first-order valence-electron chi connectivity index (χ1n) is 9.50. The second kappa shape index (κ2) is 6.90. The van der Waals surface area contributed by atoms with Crippen LogP contribution in [0.25, 0.3) is 0 Å². The maximum Gasteiger partial charge on any atom is 0.307 e. The van der Waals surface area contributed by atoms with E-state index in [0.29, 0.717) is 30.2 Å². The third-order valence-electron chi connectivity index (χ3n) is 6.35. The molecule has 3 unspecified atom stereocenters. The van der Waals surface area contributed by atoms with Gasteiger partial charge in [0.25, 0.3) is 0 Å². The minimum absolute atomic E-state index is 0.0150. The maximum atomic E-state index is 12.0. The smallest absolute Gasteiger partial charge is 0.307 e. The number of cyclic esters (lactones) is 1. The van der Waals surface area contributed by atoms with E-state index in [1.165, 1.54) is 44.9 Å². The standard InChI is InChI=1S/C19H33NO2/c1-12(2)15-9-8-13(3)10-16(15)19-17(11-18(21)22-19)20-14-6-4-5-7-14/h12-17,19-20H,4-11H2,1-3H3/t13?,15?,16?,17-,19+/m1/s1. The molecule has 3 aliphatic rings. The van der Waals surface area contributed by atoms with Gasteiger partial charge in [-0.25, -0.2) is 0 Å². The van der Waals surface area contributed by atoms with Gasteiger partial charge in [-0.2, -0.15) is 0 Å². The Morgan fingerprint density at radius 3 is 2.55 bits per heavy atom. The van der Waals surface area contributed by atoms with Crippen molar-refractivity contribution in [1.82, 2.24) is 5.32 Å². The quantitative estimate of drug-likeness (QED) is 0.800. The van der Waals surface area contributed by atoms with Crippen molar-refractivity contribution in [2.24, 2.45) is 23.7 Å². The SMILES string of the molecule is CC1CCC(C(C)C)C([C@@H]2OC(=O)C[C@H]2NC2CCCC2)C1. The summed E-state index contributed by atoms with van der Waals surface area (Å²) in [5, 5.41) is 3.78. The Labute approximate surface area is 135 Å². The summed E-state index contributed by atoms with van der Waals surface area (Å²) < 4.78 is 5.85. The molecule has 1 aliphatic heterocycles. The van der Waals surface area contributed by atoms with Crippen LogP contribution in [0.3, 0.4) is 0 Å². The molecule has 3 heteroatoms. The van der Waals surface area contributed by atoms with Gasteiger partial charge in [0, 0.05) is 12.0 Å². The van der Waals surface area contributed by atoms with Crippen molar-refractivity contribution in [3.63, 3.8) is 0 Å². The number of carbonyl (C=O) groups is 1. The normalized spacial score (nSPS) is 40.4. The third-order valence-corrected chi connectivity index (χ3v) is 6.35. The van der Waals surface area contributed by atoms with Crippen LogP contribution in [0.15, 0.2) is 0 Å². The van der Waals surface area contributed by atoms with E-state index in [1.807, 2.05) is 0 Å². The van der Waals surface area contributed by atoms with Crippen LogP contribution in [0.4, 0.5) is 0 Å². The minimum Gasteiger partial charge on any atom is -0.460 e. The van der Waals surface area contributed by atoms with Crippen molar-refractivity contribution in [1.29, 1.82) is 0 Å². The topological polar surface area (TPSA) is 38.3 Å². The number of esters is 1. The molecular weight excluding hydrogens is 274 g/mol. The number of hydrogen-bond donors (Lipinski definition) is 1. The molecule has 0 aromatic heterocycles. The first kappa shape index (κ1) is 16.3. The molecule has 1 heterocycles. The maximum absolute atomic E-state index is 12.0. The average Bonchev–Trinajstić information content (AvgIpc) is 3.08. The van der Waals surface area contributed by atoms with Crippen LogP contribution in [-0.4, -0.2) is 24.2 Å². The molecule has 1 N–H and O–H groups in total. The van der Waals surface area contributed by atoms with Gasteiger partial charge in [0.05, 0.1) is 12.5 Å². The first-order valence-corrected chi connectivity index (χ1v) is 9.50. The van der Waals surface area contributed by atoms with E-state index in [-0.39, 0.29) is 18.1 Å². The van der Waals surface area contributed by atoms with Crippen LogP contribution in [0.1, 0.15) is 72.1 Å². The number of nitrogens with one attached hydrogen (secondary N) is 1. The van der Waals surface area contributed by atoms with Crippen molar-refractivity contribution in [3.05, 3.63) is 0 Å². The summed E-state index contributed by atoms with van der Waals surface area (Å²) in [4.78, 5) is 12.0. The van der Waals surface area contributed by atoms with Gasteiger partial charge < -0.3 is 10.1 Å². The van der Waals surface area contributed by atoms with Crippen molar-refractivity contribution >= 4 is 5.97 Å². The molecule has 2 aliphatic carbocycles. The Balaban J connectivity index is 1.71. The Hall–Kier alpha value is -0.570. The molecule has 22 heavy (non-hydrogen) atoms. The molecule has 0 aromatic carbocycles. The van der Waals surface area contributed by atoms with Gasteiger partial charge in [-0.1, -0.05) is 40.0 Å². The highest BCUT2D eigenvalue weighted by atomic mass is 16.6. The number of carbonyl (C=O) groups excluding carboxylic acids is 1. The lowest BCUT2D eigenvalue weighted by molar-refractivity contribution is -0.145. The molecule has 0 spiro atoms. The fourth-order valence-corrected chi connectivity index (χ4v) is 5.17. The predicted molar refractivity (Wildman–Crippen MR) is 88.5 cm³/mol. The molecule has 126 valence electrons. The van der Waals surface area contributed by atoms with E-state index >= 15 is 0 Å². The summed E-state index contributed by atoms with van der Waals surface area (Å²) in [6, 6.07) is 0.868. The fourth-order valence-electron chi connectivity index (χ4n) is 5.17. The molecule has 3 nitrogen and oxygen atoms in total. The Morgan fingerprint density at radius 1 is 1.14 bits per heavy atom. The van der Waals surface area contributed by atoms with Crippen molar-refractivity contribution in [2.45, 2.75) is 90.3 Å². The fraction of sp³-hybridized carbons (Fsp3) is 0.947. The van der Waals surface area contributed by atoms with E-state index in [9.17, 15) is 4.79 Å². The molecule has 3 fully saturated rings. The third kappa shape index (κ3) is 3.50. The lowest BCUT2D eigenvalue weighted by atomic mass is 9.67. The molecule has 2 saturated carbocycles. The van der Waals surface area contributed by atoms with E-state index in [0.717, 1.165) is 5.92 Å². The first-order chi connectivity index (χ1) is 10.5. The van der Waals surface area contributed by atoms with Crippen molar-refractivity contribution < 1.29 is 9.53 Å². The van der Waals surface area contributed by atoms with Crippen LogP contribution >= 0.6 is 0 Å². The molecule has 5 atom stereocenters. The Kier molecular flexibility index (Phi) is 5.11. The van der Waals surface area contributed by atoms with Gasteiger partial charge in [0.1, 0.15) is 6.10 Å². The van der Waals surface area contributed by atoms with Crippen molar-refractivity contribution in [2.75, 3.05) is 0 Å². The highest BCUT2D eigenvalue weighted by Gasteiger charge is 2.46. The Bertz CT molecular complexity index is 389. The molecular formula is C19H33NO2. The zero-order valence-corrected chi connectivity index (χ0v) is 14.5. The lowest BCUT2D eigenvalue weighted by Gasteiger charge is -2.41. The highest BCUT2D eigenvalue weighted by Crippen LogP contribution is 2.43. The van der Waals surface area contributed by atoms with Crippen molar-refractivity contribution in [3.8, 4) is 0 Å². The lowest BCUT2D eigenvalue weighted by Crippen LogP contribution is -2.48. The summed E-state index contributed by atoms with van der Waals surface area (Å²) in [6.45, 7) is 7.04. The largest absolute Gasteiger partial charge is 0.460 e. The molecule has 0 amide bonds. The summed E-state index contributed by atoms with van der Waals surface area (Å²) in [6.07, 6.45) is 9.76. The average molecular weight is 307 g/mol. The summed E-state index contributed by atoms with van der Waals surface area (Å²) in [5.74, 6) is 2.73. The monoisotopic (exact) mass is 307 g/mol. The second-order valence-electron chi connectivity index (χ2n) is 8.40. The number of rotatable bonds is 4.